The lowest BCUT2D eigenvalue weighted by atomic mass is 9.95. The quantitative estimate of drug-likeness (QED) is 0.702. The zero-order valence-corrected chi connectivity index (χ0v) is 18.1. The molecule has 0 aliphatic carbocycles. The van der Waals surface area contributed by atoms with Gasteiger partial charge < -0.3 is 10.2 Å². The second-order valence-corrected chi connectivity index (χ2v) is 8.98. The molecule has 1 N–H and O–H groups in total. The van der Waals surface area contributed by atoms with E-state index in [1.165, 1.54) is 47.3 Å². The van der Waals surface area contributed by atoms with Crippen LogP contribution in [0.2, 0.25) is 0 Å². The van der Waals surface area contributed by atoms with Crippen molar-refractivity contribution in [2.24, 2.45) is 5.92 Å². The van der Waals surface area contributed by atoms with Crippen LogP contribution in [0.3, 0.4) is 0 Å². The van der Waals surface area contributed by atoms with Crippen LogP contribution in [0.4, 0.5) is 5.69 Å². The Bertz CT molecular complexity index is 832. The predicted octanol–water partition coefficient (Wildman–Crippen LogP) is 4.76. The van der Waals surface area contributed by atoms with Gasteiger partial charge in [0.05, 0.1) is 0 Å². The highest BCUT2D eigenvalue weighted by Crippen LogP contribution is 2.31. The van der Waals surface area contributed by atoms with E-state index in [0.29, 0.717) is 5.92 Å². The fourth-order valence-corrected chi connectivity index (χ4v) is 4.89. The fraction of sp³-hybridized carbons (Fsp3) is 0.462. The van der Waals surface area contributed by atoms with Crippen LogP contribution < -0.4 is 10.2 Å². The number of nitrogens with one attached hydrogen (secondary N) is 1. The van der Waals surface area contributed by atoms with E-state index in [4.69, 9.17) is 0 Å². The fourth-order valence-electron chi connectivity index (χ4n) is 4.89. The molecule has 29 heavy (non-hydrogen) atoms. The Morgan fingerprint density at radius 3 is 2.55 bits per heavy atom. The molecular weight excluding hydrogens is 354 g/mol. The predicted molar refractivity (Wildman–Crippen MR) is 123 cm³/mol. The van der Waals surface area contributed by atoms with Gasteiger partial charge in [-0.15, -0.1) is 0 Å². The van der Waals surface area contributed by atoms with Gasteiger partial charge in [-0.1, -0.05) is 56.0 Å². The van der Waals surface area contributed by atoms with E-state index in [-0.39, 0.29) is 0 Å². The molecule has 3 nitrogen and oxygen atoms in total. The summed E-state index contributed by atoms with van der Waals surface area (Å²) in [6.45, 7) is 12.1. The van der Waals surface area contributed by atoms with E-state index in [0.717, 1.165) is 44.7 Å². The zero-order valence-electron chi connectivity index (χ0n) is 18.1. The van der Waals surface area contributed by atoms with Gasteiger partial charge in [-0.2, -0.15) is 0 Å². The first kappa shape index (κ1) is 20.0. The number of hydrogen-bond acceptors (Lipinski definition) is 3. The third kappa shape index (κ3) is 4.84. The Balaban J connectivity index is 1.22. The molecule has 2 aliphatic heterocycles. The van der Waals surface area contributed by atoms with Crippen LogP contribution in [-0.4, -0.2) is 31.6 Å². The van der Waals surface area contributed by atoms with E-state index < -0.39 is 0 Å². The molecule has 1 atom stereocenters. The lowest BCUT2D eigenvalue weighted by molar-refractivity contribution is 0.242. The van der Waals surface area contributed by atoms with E-state index in [1.54, 1.807) is 0 Å². The minimum absolute atomic E-state index is 0.608. The molecule has 0 saturated heterocycles. The van der Waals surface area contributed by atoms with Crippen LogP contribution in [0.15, 0.2) is 54.7 Å². The third-order valence-corrected chi connectivity index (χ3v) is 6.40. The van der Waals surface area contributed by atoms with Crippen molar-refractivity contribution in [1.29, 1.82) is 0 Å². The van der Waals surface area contributed by atoms with Crippen molar-refractivity contribution in [2.45, 2.75) is 45.7 Å². The minimum atomic E-state index is 0.608. The summed E-state index contributed by atoms with van der Waals surface area (Å²) in [5.41, 5.74) is 8.60. The number of benzene rings is 2. The maximum Gasteiger partial charge on any atom is 0.0428 e. The van der Waals surface area contributed by atoms with E-state index in [2.05, 4.69) is 78.1 Å². The van der Waals surface area contributed by atoms with Crippen LogP contribution in [0.5, 0.6) is 0 Å². The van der Waals surface area contributed by atoms with E-state index in [9.17, 15) is 0 Å². The molecule has 3 heteroatoms. The first-order chi connectivity index (χ1) is 14.1. The zero-order chi connectivity index (χ0) is 20.2. The Morgan fingerprint density at radius 1 is 1.07 bits per heavy atom. The SMILES string of the molecule is C=C(CCc1cccc2c1N(C)CCC2)NCC(C)CN1Cc2ccccc2C1. The number of para-hydroxylation sites is 1. The highest BCUT2D eigenvalue weighted by Gasteiger charge is 2.20. The number of aryl methyl sites for hydroxylation is 2. The van der Waals surface area contributed by atoms with Gasteiger partial charge in [-0.05, 0) is 53.9 Å². The van der Waals surface area contributed by atoms with Crippen molar-refractivity contribution < 1.29 is 0 Å². The van der Waals surface area contributed by atoms with Gasteiger partial charge in [0.1, 0.15) is 0 Å². The minimum Gasteiger partial charge on any atom is -0.388 e. The van der Waals surface area contributed by atoms with Crippen molar-refractivity contribution in [2.75, 3.05) is 31.6 Å². The van der Waals surface area contributed by atoms with Gasteiger partial charge in [0.25, 0.3) is 0 Å². The van der Waals surface area contributed by atoms with Crippen LogP contribution >= 0.6 is 0 Å². The Morgan fingerprint density at radius 2 is 1.79 bits per heavy atom. The van der Waals surface area contributed by atoms with Crippen molar-refractivity contribution in [3.8, 4) is 0 Å². The summed E-state index contributed by atoms with van der Waals surface area (Å²) < 4.78 is 0. The van der Waals surface area contributed by atoms with Gasteiger partial charge in [0.2, 0.25) is 0 Å². The summed E-state index contributed by atoms with van der Waals surface area (Å²) in [5, 5.41) is 3.60. The molecule has 0 bridgehead atoms. The molecular formula is C26H35N3. The summed E-state index contributed by atoms with van der Waals surface area (Å²) >= 11 is 0. The first-order valence-corrected chi connectivity index (χ1v) is 11.1. The number of anilines is 1. The monoisotopic (exact) mass is 389 g/mol. The molecule has 0 radical (unpaired) electrons. The maximum atomic E-state index is 4.30. The van der Waals surface area contributed by atoms with Crippen LogP contribution in [0, 0.1) is 5.92 Å². The third-order valence-electron chi connectivity index (χ3n) is 6.40. The molecule has 0 amide bonds. The number of rotatable bonds is 8. The highest BCUT2D eigenvalue weighted by molar-refractivity contribution is 5.61. The van der Waals surface area contributed by atoms with Gasteiger partial charge in [-0.25, -0.2) is 0 Å². The number of nitrogens with zero attached hydrogens (tertiary/aromatic N) is 2. The Kier molecular flexibility index (Phi) is 6.25. The number of fused-ring (bicyclic) bond motifs is 2. The van der Waals surface area contributed by atoms with Gasteiger partial charge in [-0.3, -0.25) is 4.90 Å². The van der Waals surface area contributed by atoms with Gasteiger partial charge in [0.15, 0.2) is 0 Å². The van der Waals surface area contributed by atoms with E-state index in [1.807, 2.05) is 0 Å². The van der Waals surface area contributed by atoms with Crippen LogP contribution in [0.25, 0.3) is 0 Å². The van der Waals surface area contributed by atoms with Crippen molar-refractivity contribution in [3.63, 3.8) is 0 Å². The molecule has 4 rings (SSSR count). The molecule has 0 aromatic heterocycles. The average Bonchev–Trinajstić information content (AvgIpc) is 3.13. The molecule has 2 aromatic rings. The average molecular weight is 390 g/mol. The largest absolute Gasteiger partial charge is 0.388 e. The molecule has 154 valence electrons. The van der Waals surface area contributed by atoms with Crippen molar-refractivity contribution in [1.82, 2.24) is 10.2 Å². The topological polar surface area (TPSA) is 18.5 Å². The number of hydrogen-bond donors (Lipinski definition) is 1. The summed E-state index contributed by atoms with van der Waals surface area (Å²) in [5.74, 6) is 0.608. The molecule has 0 saturated carbocycles. The summed E-state index contributed by atoms with van der Waals surface area (Å²) in [6.07, 6.45) is 4.55. The molecule has 2 aliphatic rings. The molecule has 0 spiro atoms. The molecule has 1 unspecified atom stereocenters. The normalized spacial score (nSPS) is 17.0. The van der Waals surface area contributed by atoms with E-state index >= 15 is 0 Å². The Hall–Kier alpha value is -2.26. The van der Waals surface area contributed by atoms with Gasteiger partial charge in [0, 0.05) is 51.2 Å². The first-order valence-electron chi connectivity index (χ1n) is 11.1. The summed E-state index contributed by atoms with van der Waals surface area (Å²) in [4.78, 5) is 4.99. The highest BCUT2D eigenvalue weighted by atomic mass is 15.1. The van der Waals surface area contributed by atoms with Crippen molar-refractivity contribution >= 4 is 5.69 Å². The lowest BCUT2D eigenvalue weighted by Crippen LogP contribution is -2.30. The number of allylic oxidation sites excluding steroid dienone is 1. The smallest absolute Gasteiger partial charge is 0.0428 e. The maximum absolute atomic E-state index is 4.30. The standard InChI is InChI=1S/C26H35N3/c1-20(17-29-18-24-8-4-5-9-25(24)19-29)16-27-21(2)13-14-23-11-6-10-22-12-7-15-28(3)26(22)23/h4-6,8-11,20,27H,2,7,12-19H2,1,3H3. The molecule has 2 aromatic carbocycles. The summed E-state index contributed by atoms with van der Waals surface area (Å²) in [6, 6.07) is 15.6. The Labute approximate surface area is 176 Å². The second-order valence-electron chi connectivity index (χ2n) is 8.98. The lowest BCUT2D eigenvalue weighted by Gasteiger charge is -2.30. The summed E-state index contributed by atoms with van der Waals surface area (Å²) in [7, 11) is 2.23. The van der Waals surface area contributed by atoms with Crippen molar-refractivity contribution in [3.05, 3.63) is 77.0 Å². The van der Waals surface area contributed by atoms with Crippen LogP contribution in [0.1, 0.15) is 42.0 Å². The second kappa shape index (κ2) is 9.04. The molecule has 0 fully saturated rings. The molecule has 2 heterocycles. The van der Waals surface area contributed by atoms with Gasteiger partial charge >= 0.3 is 0 Å². The van der Waals surface area contributed by atoms with Crippen LogP contribution in [-0.2, 0) is 25.9 Å².